The second-order valence-electron chi connectivity index (χ2n) is 3.14. The summed E-state index contributed by atoms with van der Waals surface area (Å²) in [6.07, 6.45) is 1.76. The van der Waals surface area contributed by atoms with E-state index in [-0.39, 0.29) is 5.41 Å². The Bertz CT molecular complexity index is 78.0. The monoisotopic (exact) mass is 111 g/mol. The molecule has 0 saturated heterocycles. The first-order valence-corrected chi connectivity index (χ1v) is 3.07. The SMILES string of the molecule is [CH]=CC(C)(C)C(C)C. The van der Waals surface area contributed by atoms with Crippen LogP contribution in [0.25, 0.3) is 0 Å². The molecule has 0 aliphatic carbocycles. The van der Waals surface area contributed by atoms with Gasteiger partial charge in [0.1, 0.15) is 0 Å². The third kappa shape index (κ3) is 1.69. The van der Waals surface area contributed by atoms with Crippen molar-refractivity contribution in [2.45, 2.75) is 27.7 Å². The molecule has 47 valence electrons. The van der Waals surface area contributed by atoms with E-state index in [4.69, 9.17) is 6.58 Å². The van der Waals surface area contributed by atoms with Crippen LogP contribution in [0.1, 0.15) is 27.7 Å². The van der Waals surface area contributed by atoms with Gasteiger partial charge in [0.15, 0.2) is 0 Å². The molecule has 0 aromatic carbocycles. The normalized spacial score (nSPS) is 12.1. The van der Waals surface area contributed by atoms with Gasteiger partial charge in [-0.1, -0.05) is 40.3 Å². The minimum absolute atomic E-state index is 0.194. The quantitative estimate of drug-likeness (QED) is 0.514. The molecular formula is C8H15. The smallest absolute Gasteiger partial charge is 0.0149 e. The topological polar surface area (TPSA) is 0 Å². The fourth-order valence-corrected chi connectivity index (χ4v) is 0.192. The van der Waals surface area contributed by atoms with Crippen molar-refractivity contribution < 1.29 is 0 Å². The maximum Gasteiger partial charge on any atom is -0.0149 e. The Hall–Kier alpha value is -0.260. The highest BCUT2D eigenvalue weighted by Crippen LogP contribution is 2.26. The van der Waals surface area contributed by atoms with E-state index in [1.54, 1.807) is 6.08 Å². The van der Waals surface area contributed by atoms with Crippen LogP contribution in [0.15, 0.2) is 6.08 Å². The average molecular weight is 111 g/mol. The van der Waals surface area contributed by atoms with E-state index in [9.17, 15) is 0 Å². The van der Waals surface area contributed by atoms with Crippen molar-refractivity contribution in [1.29, 1.82) is 0 Å². The zero-order valence-corrected chi connectivity index (χ0v) is 6.23. The second-order valence-corrected chi connectivity index (χ2v) is 3.14. The van der Waals surface area contributed by atoms with E-state index < -0.39 is 0 Å². The maximum absolute atomic E-state index is 5.38. The molecule has 0 aromatic heterocycles. The van der Waals surface area contributed by atoms with Gasteiger partial charge in [-0.2, -0.15) is 0 Å². The van der Waals surface area contributed by atoms with E-state index in [0.29, 0.717) is 5.92 Å². The minimum Gasteiger partial charge on any atom is -0.0786 e. The van der Waals surface area contributed by atoms with Crippen LogP contribution in [-0.2, 0) is 0 Å². The van der Waals surface area contributed by atoms with E-state index in [2.05, 4.69) is 27.7 Å². The van der Waals surface area contributed by atoms with E-state index in [1.165, 1.54) is 0 Å². The molecule has 0 saturated carbocycles. The number of hydrogen-bond donors (Lipinski definition) is 0. The first-order valence-electron chi connectivity index (χ1n) is 3.07. The Kier molecular flexibility index (Phi) is 2.26. The Morgan fingerprint density at radius 3 is 1.75 bits per heavy atom. The Morgan fingerprint density at radius 1 is 1.38 bits per heavy atom. The fourth-order valence-electron chi connectivity index (χ4n) is 0.192. The van der Waals surface area contributed by atoms with Gasteiger partial charge in [-0.3, -0.25) is 0 Å². The summed E-state index contributed by atoms with van der Waals surface area (Å²) in [7, 11) is 0. The molecule has 0 fully saturated rings. The molecule has 8 heavy (non-hydrogen) atoms. The van der Waals surface area contributed by atoms with Crippen molar-refractivity contribution in [2.24, 2.45) is 11.3 Å². The fraction of sp³-hybridized carbons (Fsp3) is 0.750. The molecule has 0 aromatic rings. The highest BCUT2D eigenvalue weighted by molar-refractivity contribution is 4.87. The van der Waals surface area contributed by atoms with Crippen LogP contribution in [0, 0.1) is 17.9 Å². The molecule has 0 amide bonds. The maximum atomic E-state index is 5.38. The van der Waals surface area contributed by atoms with Gasteiger partial charge in [-0.25, -0.2) is 0 Å². The average Bonchev–Trinajstić information content (AvgIpc) is 1.67. The standard InChI is InChI=1S/C8H15/c1-6-8(4,5)7(2)3/h1,6-7H,2-5H3. The summed E-state index contributed by atoms with van der Waals surface area (Å²) >= 11 is 0. The largest absolute Gasteiger partial charge is 0.0786 e. The van der Waals surface area contributed by atoms with Crippen LogP contribution in [0.5, 0.6) is 0 Å². The highest BCUT2D eigenvalue weighted by atomic mass is 14.2. The first-order chi connectivity index (χ1) is 3.50. The summed E-state index contributed by atoms with van der Waals surface area (Å²) in [5.41, 5.74) is 0.194. The first kappa shape index (κ1) is 7.74. The number of allylic oxidation sites excluding steroid dienone is 1. The van der Waals surface area contributed by atoms with Crippen molar-refractivity contribution in [3.8, 4) is 0 Å². The summed E-state index contributed by atoms with van der Waals surface area (Å²) in [5, 5.41) is 0. The van der Waals surface area contributed by atoms with Gasteiger partial charge in [-0.15, -0.1) is 0 Å². The predicted molar refractivity (Wildman–Crippen MR) is 37.5 cm³/mol. The van der Waals surface area contributed by atoms with Gasteiger partial charge >= 0.3 is 0 Å². The van der Waals surface area contributed by atoms with Gasteiger partial charge < -0.3 is 0 Å². The van der Waals surface area contributed by atoms with Crippen molar-refractivity contribution >= 4 is 0 Å². The molecule has 1 radical (unpaired) electrons. The third-order valence-electron chi connectivity index (χ3n) is 1.92. The van der Waals surface area contributed by atoms with Crippen LogP contribution in [0.4, 0.5) is 0 Å². The minimum atomic E-state index is 0.194. The van der Waals surface area contributed by atoms with E-state index >= 15 is 0 Å². The van der Waals surface area contributed by atoms with Gasteiger partial charge in [0, 0.05) is 0 Å². The molecule has 0 aliphatic heterocycles. The summed E-state index contributed by atoms with van der Waals surface area (Å²) < 4.78 is 0. The van der Waals surface area contributed by atoms with E-state index in [1.807, 2.05) is 0 Å². The van der Waals surface area contributed by atoms with Crippen LogP contribution in [0.3, 0.4) is 0 Å². The highest BCUT2D eigenvalue weighted by Gasteiger charge is 2.16. The molecular weight excluding hydrogens is 96.1 g/mol. The zero-order valence-electron chi connectivity index (χ0n) is 6.23. The lowest BCUT2D eigenvalue weighted by Gasteiger charge is -2.23. The van der Waals surface area contributed by atoms with Gasteiger partial charge in [0.25, 0.3) is 0 Å². The summed E-state index contributed by atoms with van der Waals surface area (Å²) in [5.74, 6) is 0.632. The van der Waals surface area contributed by atoms with Gasteiger partial charge in [0.2, 0.25) is 0 Å². The second kappa shape index (κ2) is 2.34. The molecule has 0 rings (SSSR count). The number of hydrogen-bond acceptors (Lipinski definition) is 0. The molecule has 0 atom stereocenters. The molecule has 0 N–H and O–H groups in total. The van der Waals surface area contributed by atoms with Crippen LogP contribution < -0.4 is 0 Å². The lowest BCUT2D eigenvalue weighted by molar-refractivity contribution is 0.333. The molecule has 0 aliphatic rings. The summed E-state index contributed by atoms with van der Waals surface area (Å²) in [6, 6.07) is 0. The van der Waals surface area contributed by atoms with E-state index in [0.717, 1.165) is 0 Å². The van der Waals surface area contributed by atoms with Crippen molar-refractivity contribution in [3.05, 3.63) is 12.7 Å². The lowest BCUT2D eigenvalue weighted by Crippen LogP contribution is -2.14. The van der Waals surface area contributed by atoms with Crippen LogP contribution in [-0.4, -0.2) is 0 Å². The molecule has 0 bridgehead atoms. The van der Waals surface area contributed by atoms with Gasteiger partial charge in [-0.05, 0) is 11.3 Å². The Balaban J connectivity index is 3.90. The Morgan fingerprint density at radius 2 is 1.75 bits per heavy atom. The third-order valence-corrected chi connectivity index (χ3v) is 1.92. The van der Waals surface area contributed by atoms with Crippen LogP contribution in [0.2, 0.25) is 0 Å². The lowest BCUT2D eigenvalue weighted by atomic mass is 9.82. The summed E-state index contributed by atoms with van der Waals surface area (Å²) in [4.78, 5) is 0. The van der Waals surface area contributed by atoms with Crippen molar-refractivity contribution in [2.75, 3.05) is 0 Å². The summed E-state index contributed by atoms with van der Waals surface area (Å²) in [6.45, 7) is 14.0. The molecule has 0 spiro atoms. The van der Waals surface area contributed by atoms with Crippen molar-refractivity contribution in [1.82, 2.24) is 0 Å². The van der Waals surface area contributed by atoms with Gasteiger partial charge in [0.05, 0.1) is 0 Å². The Labute approximate surface area is 52.6 Å². The number of rotatable bonds is 2. The predicted octanol–water partition coefficient (Wildman–Crippen LogP) is 2.66. The molecule has 0 heteroatoms. The van der Waals surface area contributed by atoms with Crippen molar-refractivity contribution in [3.63, 3.8) is 0 Å². The zero-order chi connectivity index (χ0) is 6.78. The molecule has 0 nitrogen and oxygen atoms in total. The van der Waals surface area contributed by atoms with Crippen LogP contribution >= 0.6 is 0 Å². The molecule has 0 heterocycles. The molecule has 0 unspecified atom stereocenters.